The molecule has 0 fully saturated rings. The first-order valence-electron chi connectivity index (χ1n) is 11.8. The van der Waals surface area contributed by atoms with Gasteiger partial charge < -0.3 is 30.8 Å². The zero-order chi connectivity index (χ0) is 24.6. The van der Waals surface area contributed by atoms with E-state index in [1.165, 1.54) is 0 Å². The molecule has 0 saturated carbocycles. The van der Waals surface area contributed by atoms with Crippen molar-refractivity contribution in [3.8, 4) is 0 Å². The standard InChI is InChI=1S/C25H31N9O/c1-4-17-8-10-18(11-9-17)27-23-31-22(26-14-7-15-34(5-2)6-3)32-24(33-23)28-19-12-13-20-21(16-19)30-25(35)29-20/h4,8-13,16H,1,5-7,14-15H2,2-3H3,(H2,29,30,35)(H3,26,27,28,31,32,33). The van der Waals surface area contributed by atoms with Crippen LogP contribution in [0.5, 0.6) is 0 Å². The lowest BCUT2D eigenvalue weighted by molar-refractivity contribution is 0.303. The minimum Gasteiger partial charge on any atom is -0.354 e. The van der Waals surface area contributed by atoms with Crippen molar-refractivity contribution in [2.45, 2.75) is 20.3 Å². The summed E-state index contributed by atoms with van der Waals surface area (Å²) in [4.78, 5) is 33.1. The summed E-state index contributed by atoms with van der Waals surface area (Å²) < 4.78 is 0. The molecule has 4 rings (SSSR count). The molecule has 10 nitrogen and oxygen atoms in total. The molecule has 182 valence electrons. The van der Waals surface area contributed by atoms with Crippen molar-refractivity contribution in [1.82, 2.24) is 29.8 Å². The number of hydrogen-bond acceptors (Lipinski definition) is 8. The number of aromatic amines is 2. The van der Waals surface area contributed by atoms with E-state index in [2.05, 4.69) is 66.2 Å². The van der Waals surface area contributed by atoms with Gasteiger partial charge in [-0.25, -0.2) is 4.79 Å². The van der Waals surface area contributed by atoms with Crippen LogP contribution in [0, 0.1) is 0 Å². The number of rotatable bonds is 12. The van der Waals surface area contributed by atoms with Crippen LogP contribution >= 0.6 is 0 Å². The quantitative estimate of drug-likeness (QED) is 0.193. The Labute approximate surface area is 203 Å². The molecule has 5 N–H and O–H groups in total. The fourth-order valence-corrected chi connectivity index (χ4v) is 3.68. The van der Waals surface area contributed by atoms with Crippen LogP contribution in [0.25, 0.3) is 17.1 Å². The molecule has 0 bridgehead atoms. The molecule has 0 amide bonds. The number of hydrogen-bond donors (Lipinski definition) is 5. The van der Waals surface area contributed by atoms with E-state index in [0.29, 0.717) is 23.4 Å². The van der Waals surface area contributed by atoms with Gasteiger partial charge in [-0.2, -0.15) is 15.0 Å². The summed E-state index contributed by atoms with van der Waals surface area (Å²) in [7, 11) is 0. The summed E-state index contributed by atoms with van der Waals surface area (Å²) >= 11 is 0. The summed E-state index contributed by atoms with van der Waals surface area (Å²) in [5.74, 6) is 1.27. The summed E-state index contributed by atoms with van der Waals surface area (Å²) in [5.41, 5.74) is 3.81. The highest BCUT2D eigenvalue weighted by atomic mass is 16.1. The normalized spacial score (nSPS) is 11.1. The van der Waals surface area contributed by atoms with Gasteiger partial charge in [0.05, 0.1) is 11.0 Å². The average molecular weight is 474 g/mol. The Morgan fingerprint density at radius 2 is 1.51 bits per heavy atom. The Hall–Kier alpha value is -4.18. The van der Waals surface area contributed by atoms with Gasteiger partial charge in [0.2, 0.25) is 17.8 Å². The van der Waals surface area contributed by atoms with Crippen molar-refractivity contribution in [2.24, 2.45) is 0 Å². The van der Waals surface area contributed by atoms with Gasteiger partial charge in [-0.1, -0.05) is 38.6 Å². The fourth-order valence-electron chi connectivity index (χ4n) is 3.68. The molecule has 35 heavy (non-hydrogen) atoms. The van der Waals surface area contributed by atoms with Gasteiger partial charge in [-0.05, 0) is 62.0 Å². The summed E-state index contributed by atoms with van der Waals surface area (Å²) in [6.07, 6.45) is 2.77. The molecule has 2 aromatic heterocycles. The highest BCUT2D eigenvalue weighted by Gasteiger charge is 2.09. The van der Waals surface area contributed by atoms with Crippen molar-refractivity contribution >= 4 is 46.3 Å². The summed E-state index contributed by atoms with van der Waals surface area (Å²) in [5, 5.41) is 9.78. The van der Waals surface area contributed by atoms with Gasteiger partial charge in [0.25, 0.3) is 0 Å². The summed E-state index contributed by atoms with van der Waals surface area (Å²) in [6, 6.07) is 13.3. The first-order valence-corrected chi connectivity index (χ1v) is 11.8. The van der Waals surface area contributed by atoms with Crippen LogP contribution in [0.4, 0.5) is 29.2 Å². The van der Waals surface area contributed by atoms with E-state index in [-0.39, 0.29) is 5.69 Å². The third kappa shape index (κ3) is 6.45. The molecule has 10 heteroatoms. The van der Waals surface area contributed by atoms with Gasteiger partial charge in [0.1, 0.15) is 0 Å². The Morgan fingerprint density at radius 1 is 0.886 bits per heavy atom. The van der Waals surface area contributed by atoms with Crippen LogP contribution in [0.3, 0.4) is 0 Å². The molecule has 0 unspecified atom stereocenters. The summed E-state index contributed by atoms with van der Waals surface area (Å²) in [6.45, 7) is 11.9. The smallest absolute Gasteiger partial charge is 0.323 e. The second-order valence-corrected chi connectivity index (χ2v) is 8.03. The Bertz CT molecular complexity index is 1320. The van der Waals surface area contributed by atoms with Crippen molar-refractivity contribution in [3.63, 3.8) is 0 Å². The molecule has 0 spiro atoms. The van der Waals surface area contributed by atoms with Crippen LogP contribution in [0.2, 0.25) is 0 Å². The fraction of sp³-hybridized carbons (Fsp3) is 0.280. The zero-order valence-electron chi connectivity index (χ0n) is 20.1. The van der Waals surface area contributed by atoms with Crippen molar-refractivity contribution < 1.29 is 0 Å². The molecule has 0 aliphatic rings. The molecular formula is C25H31N9O. The molecule has 2 heterocycles. The van der Waals surface area contributed by atoms with Crippen LogP contribution < -0.4 is 21.6 Å². The first-order chi connectivity index (χ1) is 17.1. The Balaban J connectivity index is 1.53. The van der Waals surface area contributed by atoms with Gasteiger partial charge in [-0.15, -0.1) is 0 Å². The lowest BCUT2D eigenvalue weighted by Gasteiger charge is -2.17. The van der Waals surface area contributed by atoms with Gasteiger partial charge in [0.15, 0.2) is 0 Å². The van der Waals surface area contributed by atoms with E-state index in [1.807, 2.05) is 42.5 Å². The van der Waals surface area contributed by atoms with E-state index in [9.17, 15) is 4.79 Å². The van der Waals surface area contributed by atoms with Crippen molar-refractivity contribution in [1.29, 1.82) is 0 Å². The van der Waals surface area contributed by atoms with E-state index in [4.69, 9.17) is 0 Å². The maximum atomic E-state index is 11.6. The highest BCUT2D eigenvalue weighted by Crippen LogP contribution is 2.21. The molecule has 0 aliphatic heterocycles. The molecule has 0 aliphatic carbocycles. The number of imidazole rings is 1. The number of aromatic nitrogens is 5. The minimum atomic E-state index is -0.248. The SMILES string of the molecule is C=Cc1ccc(Nc2nc(NCCCN(CC)CC)nc(Nc3ccc4[nH]c(=O)[nH]c4c3)n2)cc1. The largest absolute Gasteiger partial charge is 0.354 e. The lowest BCUT2D eigenvalue weighted by Crippen LogP contribution is -2.25. The topological polar surface area (TPSA) is 127 Å². The number of benzene rings is 2. The third-order valence-corrected chi connectivity index (χ3v) is 5.64. The molecule has 0 atom stereocenters. The average Bonchev–Trinajstić information content (AvgIpc) is 3.24. The van der Waals surface area contributed by atoms with Crippen LogP contribution in [0.1, 0.15) is 25.8 Å². The molecular weight excluding hydrogens is 442 g/mol. The number of nitrogens with zero attached hydrogens (tertiary/aromatic N) is 4. The number of H-pyrrole nitrogens is 2. The van der Waals surface area contributed by atoms with Crippen LogP contribution in [0.15, 0.2) is 53.8 Å². The predicted octanol–water partition coefficient (Wildman–Crippen LogP) is 4.32. The second-order valence-electron chi connectivity index (χ2n) is 8.03. The van der Waals surface area contributed by atoms with Gasteiger partial charge in [-0.3, -0.25) is 0 Å². The number of fused-ring (bicyclic) bond motifs is 1. The minimum absolute atomic E-state index is 0.248. The maximum Gasteiger partial charge on any atom is 0.323 e. The van der Waals surface area contributed by atoms with Gasteiger partial charge >= 0.3 is 5.69 Å². The van der Waals surface area contributed by atoms with Gasteiger partial charge in [0, 0.05) is 17.9 Å². The first kappa shape index (κ1) is 24.0. The lowest BCUT2D eigenvalue weighted by atomic mass is 10.2. The Morgan fingerprint density at radius 3 is 2.20 bits per heavy atom. The molecule has 2 aromatic carbocycles. The van der Waals surface area contributed by atoms with Crippen molar-refractivity contribution in [2.75, 3.05) is 42.1 Å². The predicted molar refractivity (Wildman–Crippen MR) is 143 cm³/mol. The highest BCUT2D eigenvalue weighted by molar-refractivity contribution is 5.79. The molecule has 0 saturated heterocycles. The maximum absolute atomic E-state index is 11.6. The molecule has 4 aromatic rings. The third-order valence-electron chi connectivity index (χ3n) is 5.64. The van der Waals surface area contributed by atoms with Crippen molar-refractivity contribution in [3.05, 3.63) is 65.1 Å². The zero-order valence-corrected chi connectivity index (χ0v) is 20.1. The molecule has 0 radical (unpaired) electrons. The van der Waals surface area contributed by atoms with E-state index in [1.54, 1.807) is 6.08 Å². The second kappa shape index (κ2) is 11.3. The number of anilines is 5. The monoisotopic (exact) mass is 473 g/mol. The van der Waals surface area contributed by atoms with E-state index < -0.39 is 0 Å². The van der Waals surface area contributed by atoms with E-state index >= 15 is 0 Å². The van der Waals surface area contributed by atoms with Crippen LogP contribution in [-0.2, 0) is 0 Å². The van der Waals surface area contributed by atoms with E-state index in [0.717, 1.165) is 55.1 Å². The number of nitrogens with one attached hydrogen (secondary N) is 5. The van der Waals surface area contributed by atoms with Crippen LogP contribution in [-0.4, -0.2) is 56.0 Å². The Kier molecular flexibility index (Phi) is 7.74.